The van der Waals surface area contributed by atoms with Gasteiger partial charge < -0.3 is 4.90 Å². The van der Waals surface area contributed by atoms with Gasteiger partial charge in [-0.25, -0.2) is 0 Å². The summed E-state index contributed by atoms with van der Waals surface area (Å²) in [6.07, 6.45) is 2.76. The van der Waals surface area contributed by atoms with Gasteiger partial charge in [-0.2, -0.15) is 0 Å². The molecule has 0 amide bonds. The monoisotopic (exact) mass is 288 g/mol. The van der Waals surface area contributed by atoms with Crippen molar-refractivity contribution in [3.8, 4) is 0 Å². The van der Waals surface area contributed by atoms with E-state index < -0.39 is 0 Å². The summed E-state index contributed by atoms with van der Waals surface area (Å²) in [6, 6.07) is 9.64. The maximum Gasteiger partial charge on any atom is 0.0241 e. The zero-order valence-electron chi connectivity index (χ0n) is 10.8. The summed E-state index contributed by atoms with van der Waals surface area (Å²) in [7, 11) is 2.26. The molecule has 18 heavy (non-hydrogen) atoms. The highest BCUT2D eigenvalue weighted by atomic mass is 35.5. The van der Waals surface area contributed by atoms with Crippen LogP contribution in [0.15, 0.2) is 24.3 Å². The smallest absolute Gasteiger partial charge is 0.0241 e. The Labute approximate surface area is 122 Å². The van der Waals surface area contributed by atoms with Gasteiger partial charge in [-0.1, -0.05) is 24.3 Å². The van der Waals surface area contributed by atoms with Crippen molar-refractivity contribution in [3.05, 3.63) is 35.4 Å². The minimum atomic E-state index is 0. The number of likely N-dealkylation sites (N-methyl/N-ethyl adjacent to an activating group) is 1. The number of likely N-dealkylation sites (tertiary alicyclic amines) is 1. The zero-order valence-corrected chi connectivity index (χ0v) is 12.5. The Hall–Kier alpha value is -0.280. The van der Waals surface area contributed by atoms with Gasteiger partial charge in [0.25, 0.3) is 0 Å². The third kappa shape index (κ3) is 3.18. The lowest BCUT2D eigenvalue weighted by molar-refractivity contribution is 0.194. The standard InChI is InChI=1S/C14H20N2.2ClH/c1-15-8-4-7-14(15)11-16-9-12-5-2-3-6-13(12)10-16;;/h2-3,5-6,14H,4,7-11H2,1H3;2*1H/t14-;;/m0../s1. The number of hydrogen-bond donors (Lipinski definition) is 0. The molecule has 0 radical (unpaired) electrons. The molecule has 3 rings (SSSR count). The van der Waals surface area contributed by atoms with Gasteiger partial charge in [0.2, 0.25) is 0 Å². The van der Waals surface area contributed by atoms with Gasteiger partial charge >= 0.3 is 0 Å². The molecule has 0 aromatic heterocycles. The van der Waals surface area contributed by atoms with E-state index in [9.17, 15) is 0 Å². The van der Waals surface area contributed by atoms with Crippen LogP contribution in [-0.2, 0) is 13.1 Å². The highest BCUT2D eigenvalue weighted by Gasteiger charge is 2.26. The summed E-state index contributed by atoms with van der Waals surface area (Å²) in [6.45, 7) is 4.83. The van der Waals surface area contributed by atoms with Crippen molar-refractivity contribution < 1.29 is 0 Å². The first-order valence-electron chi connectivity index (χ1n) is 6.32. The number of halogens is 2. The summed E-state index contributed by atoms with van der Waals surface area (Å²) in [5.41, 5.74) is 3.06. The second kappa shape index (κ2) is 6.76. The van der Waals surface area contributed by atoms with Gasteiger partial charge in [-0.05, 0) is 37.6 Å². The van der Waals surface area contributed by atoms with E-state index in [4.69, 9.17) is 0 Å². The third-order valence-electron chi connectivity index (χ3n) is 4.05. The number of benzene rings is 1. The third-order valence-corrected chi connectivity index (χ3v) is 4.05. The van der Waals surface area contributed by atoms with Crippen molar-refractivity contribution in [1.82, 2.24) is 9.80 Å². The maximum absolute atomic E-state index is 2.59. The Morgan fingerprint density at radius 3 is 2.22 bits per heavy atom. The largest absolute Gasteiger partial charge is 0.302 e. The maximum atomic E-state index is 2.59. The minimum Gasteiger partial charge on any atom is -0.302 e. The Bertz CT molecular complexity index is 359. The van der Waals surface area contributed by atoms with Gasteiger partial charge in [0.1, 0.15) is 0 Å². The van der Waals surface area contributed by atoms with Gasteiger partial charge in [-0.3, -0.25) is 4.90 Å². The highest BCUT2D eigenvalue weighted by Crippen LogP contribution is 2.24. The molecule has 1 atom stereocenters. The van der Waals surface area contributed by atoms with Crippen LogP contribution in [0.1, 0.15) is 24.0 Å². The summed E-state index contributed by atoms with van der Waals surface area (Å²) in [5, 5.41) is 0. The van der Waals surface area contributed by atoms with E-state index in [1.807, 2.05) is 0 Å². The molecular weight excluding hydrogens is 267 g/mol. The van der Waals surface area contributed by atoms with Crippen LogP contribution in [0.2, 0.25) is 0 Å². The van der Waals surface area contributed by atoms with Crippen LogP contribution in [0.3, 0.4) is 0 Å². The van der Waals surface area contributed by atoms with E-state index >= 15 is 0 Å². The molecule has 2 heterocycles. The van der Waals surface area contributed by atoms with Crippen LogP contribution in [0, 0.1) is 0 Å². The van der Waals surface area contributed by atoms with Crippen LogP contribution < -0.4 is 0 Å². The summed E-state index contributed by atoms with van der Waals surface area (Å²) < 4.78 is 0. The van der Waals surface area contributed by atoms with Gasteiger partial charge in [-0.15, -0.1) is 24.8 Å². The van der Waals surface area contributed by atoms with E-state index in [0.29, 0.717) is 0 Å². The van der Waals surface area contributed by atoms with Crippen molar-refractivity contribution >= 4 is 24.8 Å². The van der Waals surface area contributed by atoms with E-state index in [-0.39, 0.29) is 24.8 Å². The molecule has 1 aromatic carbocycles. The molecule has 0 saturated carbocycles. The molecule has 1 aromatic rings. The normalized spacial score (nSPS) is 23.3. The lowest BCUT2D eigenvalue weighted by Crippen LogP contribution is -2.36. The Kier molecular flexibility index (Phi) is 5.93. The van der Waals surface area contributed by atoms with E-state index in [1.165, 1.54) is 37.1 Å². The zero-order chi connectivity index (χ0) is 11.0. The molecule has 4 heteroatoms. The number of rotatable bonds is 2. The highest BCUT2D eigenvalue weighted by molar-refractivity contribution is 5.85. The van der Waals surface area contributed by atoms with Crippen molar-refractivity contribution in [2.75, 3.05) is 20.1 Å². The number of nitrogens with zero attached hydrogens (tertiary/aromatic N) is 2. The molecular formula is C14H22Cl2N2. The molecule has 0 spiro atoms. The van der Waals surface area contributed by atoms with E-state index in [2.05, 4.69) is 41.1 Å². The second-order valence-corrected chi connectivity index (χ2v) is 5.21. The van der Waals surface area contributed by atoms with Gasteiger partial charge in [0.05, 0.1) is 0 Å². The Morgan fingerprint density at radius 2 is 1.72 bits per heavy atom. The van der Waals surface area contributed by atoms with Gasteiger partial charge in [0, 0.05) is 25.7 Å². The topological polar surface area (TPSA) is 6.48 Å². The van der Waals surface area contributed by atoms with E-state index in [0.717, 1.165) is 19.1 Å². The first-order chi connectivity index (χ1) is 7.83. The quantitative estimate of drug-likeness (QED) is 0.826. The molecule has 2 aliphatic rings. The number of fused-ring (bicyclic) bond motifs is 1. The van der Waals surface area contributed by atoms with Crippen molar-refractivity contribution in [1.29, 1.82) is 0 Å². The van der Waals surface area contributed by atoms with Crippen LogP contribution in [-0.4, -0.2) is 36.0 Å². The van der Waals surface area contributed by atoms with Crippen LogP contribution in [0.4, 0.5) is 0 Å². The van der Waals surface area contributed by atoms with Crippen LogP contribution in [0.25, 0.3) is 0 Å². The molecule has 1 fully saturated rings. The van der Waals surface area contributed by atoms with Crippen molar-refractivity contribution in [2.24, 2.45) is 0 Å². The average molecular weight is 289 g/mol. The lowest BCUT2D eigenvalue weighted by atomic mass is 10.1. The lowest BCUT2D eigenvalue weighted by Gasteiger charge is -2.25. The fourth-order valence-corrected chi connectivity index (χ4v) is 3.04. The predicted octanol–water partition coefficient (Wildman–Crippen LogP) is 2.94. The first-order valence-corrected chi connectivity index (χ1v) is 6.32. The van der Waals surface area contributed by atoms with Crippen molar-refractivity contribution in [3.63, 3.8) is 0 Å². The molecule has 2 aliphatic heterocycles. The molecule has 0 N–H and O–H groups in total. The fraction of sp³-hybridized carbons (Fsp3) is 0.571. The molecule has 0 unspecified atom stereocenters. The Balaban J connectivity index is 0.000000810. The van der Waals surface area contributed by atoms with Gasteiger partial charge in [0.15, 0.2) is 0 Å². The Morgan fingerprint density at radius 1 is 1.11 bits per heavy atom. The van der Waals surface area contributed by atoms with Crippen LogP contribution >= 0.6 is 24.8 Å². The second-order valence-electron chi connectivity index (χ2n) is 5.21. The molecule has 0 bridgehead atoms. The summed E-state index contributed by atoms with van der Waals surface area (Å²) >= 11 is 0. The molecule has 1 saturated heterocycles. The number of hydrogen-bond acceptors (Lipinski definition) is 2. The molecule has 102 valence electrons. The van der Waals surface area contributed by atoms with Crippen molar-refractivity contribution in [2.45, 2.75) is 32.0 Å². The van der Waals surface area contributed by atoms with E-state index in [1.54, 1.807) is 0 Å². The molecule has 0 aliphatic carbocycles. The first kappa shape index (κ1) is 15.8. The average Bonchev–Trinajstić information content (AvgIpc) is 2.85. The summed E-state index contributed by atoms with van der Waals surface area (Å²) in [4.78, 5) is 5.11. The predicted molar refractivity (Wildman–Crippen MR) is 80.7 cm³/mol. The minimum absolute atomic E-state index is 0. The fourth-order valence-electron chi connectivity index (χ4n) is 3.04. The molecule has 2 nitrogen and oxygen atoms in total. The van der Waals surface area contributed by atoms with Crippen LogP contribution in [0.5, 0.6) is 0 Å². The SMILES string of the molecule is CN1CCC[C@H]1CN1Cc2ccccc2C1.Cl.Cl. The summed E-state index contributed by atoms with van der Waals surface area (Å²) in [5.74, 6) is 0.